The highest BCUT2D eigenvalue weighted by atomic mass is 16.4. The minimum Gasteiger partial charge on any atom is -0.424 e. The maximum Gasteiger partial charge on any atom is 0.227 e. The van der Waals surface area contributed by atoms with Crippen LogP contribution in [-0.4, -0.2) is 22.3 Å². The summed E-state index contributed by atoms with van der Waals surface area (Å²) < 4.78 is 5.92. The van der Waals surface area contributed by atoms with E-state index in [2.05, 4.69) is 60.6 Å². The van der Waals surface area contributed by atoms with Gasteiger partial charge in [0.2, 0.25) is 11.8 Å². The molecule has 1 aliphatic rings. The van der Waals surface area contributed by atoms with Crippen LogP contribution in [0, 0.1) is 0 Å². The molecule has 0 aliphatic heterocycles. The van der Waals surface area contributed by atoms with E-state index in [1.54, 1.807) is 0 Å². The van der Waals surface area contributed by atoms with E-state index in [1.807, 2.05) is 6.07 Å². The second-order valence-electron chi connectivity index (χ2n) is 6.88. The quantitative estimate of drug-likeness (QED) is 0.917. The minimum atomic E-state index is -0.0238. The van der Waals surface area contributed by atoms with Crippen molar-refractivity contribution in [2.75, 3.05) is 6.54 Å². The second-order valence-corrected chi connectivity index (χ2v) is 6.88. The van der Waals surface area contributed by atoms with Crippen molar-refractivity contribution in [1.29, 1.82) is 0 Å². The number of benzene rings is 1. The van der Waals surface area contributed by atoms with Crippen LogP contribution in [0.3, 0.4) is 0 Å². The molecule has 0 radical (unpaired) electrons. The van der Waals surface area contributed by atoms with Gasteiger partial charge in [-0.2, -0.15) is 0 Å². The molecule has 0 spiro atoms. The summed E-state index contributed by atoms with van der Waals surface area (Å²) in [5.74, 6) is 1.50. The highest BCUT2D eigenvalue weighted by molar-refractivity contribution is 5.37. The molecule has 1 N–H and O–H groups in total. The van der Waals surface area contributed by atoms with Crippen LogP contribution >= 0.6 is 0 Å². The van der Waals surface area contributed by atoms with Crippen LogP contribution < -0.4 is 5.32 Å². The predicted octanol–water partition coefficient (Wildman–Crippen LogP) is 3.08. The summed E-state index contributed by atoms with van der Waals surface area (Å²) in [6.45, 7) is 7.31. The standard InChI is InChI=1S/C17H23N3O/c1-16(2,3)18-12-9-14-19-20-15(21-14)17(10-11-17)13-7-5-4-6-8-13/h4-8,18H,9-12H2,1-3H3. The van der Waals surface area contributed by atoms with Crippen LogP contribution in [0.25, 0.3) is 0 Å². The molecule has 0 amide bonds. The fraction of sp³-hybridized carbons (Fsp3) is 0.529. The molecule has 0 bridgehead atoms. The zero-order valence-electron chi connectivity index (χ0n) is 13.0. The molecule has 21 heavy (non-hydrogen) atoms. The summed E-state index contributed by atoms with van der Waals surface area (Å²) in [6.07, 6.45) is 2.97. The summed E-state index contributed by atoms with van der Waals surface area (Å²) in [5, 5.41) is 11.9. The molecule has 2 aromatic rings. The van der Waals surface area contributed by atoms with Crippen molar-refractivity contribution in [2.24, 2.45) is 0 Å². The first-order valence-corrected chi connectivity index (χ1v) is 7.63. The Labute approximate surface area is 126 Å². The lowest BCUT2D eigenvalue weighted by atomic mass is 9.96. The number of aromatic nitrogens is 2. The van der Waals surface area contributed by atoms with Gasteiger partial charge in [-0.05, 0) is 39.2 Å². The lowest BCUT2D eigenvalue weighted by Gasteiger charge is -2.19. The molecule has 4 nitrogen and oxygen atoms in total. The average Bonchev–Trinajstić information content (AvgIpc) is 3.12. The van der Waals surface area contributed by atoms with Crippen LogP contribution in [0.1, 0.15) is 51.0 Å². The van der Waals surface area contributed by atoms with Gasteiger partial charge >= 0.3 is 0 Å². The van der Waals surface area contributed by atoms with E-state index in [0.717, 1.165) is 37.6 Å². The molecule has 1 fully saturated rings. The second kappa shape index (κ2) is 5.26. The number of nitrogens with one attached hydrogen (secondary N) is 1. The monoisotopic (exact) mass is 285 g/mol. The third-order valence-corrected chi connectivity index (χ3v) is 3.95. The highest BCUT2D eigenvalue weighted by Crippen LogP contribution is 2.52. The first kappa shape index (κ1) is 14.3. The molecule has 0 atom stereocenters. The zero-order valence-corrected chi connectivity index (χ0v) is 13.0. The Balaban J connectivity index is 1.68. The molecular formula is C17H23N3O. The van der Waals surface area contributed by atoms with E-state index in [1.165, 1.54) is 5.56 Å². The Bertz CT molecular complexity index is 594. The van der Waals surface area contributed by atoms with Crippen molar-refractivity contribution in [3.63, 3.8) is 0 Å². The van der Waals surface area contributed by atoms with Gasteiger partial charge < -0.3 is 9.73 Å². The number of hydrogen-bond acceptors (Lipinski definition) is 4. The third kappa shape index (κ3) is 3.16. The van der Waals surface area contributed by atoms with Crippen LogP contribution in [0.5, 0.6) is 0 Å². The van der Waals surface area contributed by atoms with Gasteiger partial charge in [0.1, 0.15) is 0 Å². The van der Waals surface area contributed by atoms with Gasteiger partial charge in [0.15, 0.2) is 0 Å². The Morgan fingerprint density at radius 1 is 1.14 bits per heavy atom. The van der Waals surface area contributed by atoms with Crippen LogP contribution in [0.4, 0.5) is 0 Å². The van der Waals surface area contributed by atoms with Gasteiger partial charge in [-0.1, -0.05) is 30.3 Å². The lowest BCUT2D eigenvalue weighted by Crippen LogP contribution is -2.37. The van der Waals surface area contributed by atoms with E-state index in [9.17, 15) is 0 Å². The molecule has 0 unspecified atom stereocenters. The fourth-order valence-electron chi connectivity index (χ4n) is 2.60. The summed E-state index contributed by atoms with van der Waals surface area (Å²) >= 11 is 0. The molecule has 4 heteroatoms. The van der Waals surface area contributed by atoms with E-state index < -0.39 is 0 Å². The van der Waals surface area contributed by atoms with E-state index in [-0.39, 0.29) is 11.0 Å². The van der Waals surface area contributed by atoms with E-state index in [4.69, 9.17) is 4.42 Å². The maximum atomic E-state index is 5.92. The van der Waals surface area contributed by atoms with Gasteiger partial charge in [0.05, 0.1) is 5.41 Å². The molecule has 1 aromatic heterocycles. The smallest absolute Gasteiger partial charge is 0.227 e. The van der Waals surface area contributed by atoms with Crippen molar-refractivity contribution in [2.45, 2.75) is 51.0 Å². The number of nitrogens with zero attached hydrogens (tertiary/aromatic N) is 2. The van der Waals surface area contributed by atoms with E-state index >= 15 is 0 Å². The summed E-state index contributed by atoms with van der Waals surface area (Å²) in [6, 6.07) is 10.5. The van der Waals surface area contributed by atoms with Gasteiger partial charge in [-0.3, -0.25) is 0 Å². The van der Waals surface area contributed by atoms with Crippen LogP contribution in [0.2, 0.25) is 0 Å². The first-order valence-electron chi connectivity index (χ1n) is 7.63. The van der Waals surface area contributed by atoms with Gasteiger partial charge in [-0.25, -0.2) is 0 Å². The zero-order chi connectivity index (χ0) is 14.9. The molecule has 1 heterocycles. The van der Waals surface area contributed by atoms with Gasteiger partial charge in [0, 0.05) is 18.5 Å². The molecular weight excluding hydrogens is 262 g/mol. The first-order chi connectivity index (χ1) is 10.00. The molecule has 0 saturated heterocycles. The third-order valence-electron chi connectivity index (χ3n) is 3.95. The van der Waals surface area contributed by atoms with Gasteiger partial charge in [0.25, 0.3) is 0 Å². The molecule has 3 rings (SSSR count). The van der Waals surface area contributed by atoms with E-state index in [0.29, 0.717) is 0 Å². The Morgan fingerprint density at radius 2 is 1.86 bits per heavy atom. The van der Waals surface area contributed by atoms with Crippen molar-refractivity contribution >= 4 is 0 Å². The largest absolute Gasteiger partial charge is 0.424 e. The topological polar surface area (TPSA) is 51.0 Å². The van der Waals surface area contributed by atoms with Crippen molar-refractivity contribution in [3.8, 4) is 0 Å². The van der Waals surface area contributed by atoms with Gasteiger partial charge in [-0.15, -0.1) is 10.2 Å². The Hall–Kier alpha value is -1.68. The van der Waals surface area contributed by atoms with Crippen LogP contribution in [-0.2, 0) is 11.8 Å². The summed E-state index contributed by atoms with van der Waals surface area (Å²) in [5.41, 5.74) is 1.38. The number of rotatable bonds is 5. The lowest BCUT2D eigenvalue weighted by molar-refractivity contribution is 0.393. The summed E-state index contributed by atoms with van der Waals surface area (Å²) in [7, 11) is 0. The SMILES string of the molecule is CC(C)(C)NCCc1nnc(C2(c3ccccc3)CC2)o1. The average molecular weight is 285 g/mol. The highest BCUT2D eigenvalue weighted by Gasteiger charge is 2.50. The van der Waals surface area contributed by atoms with Crippen molar-refractivity contribution < 1.29 is 4.42 Å². The summed E-state index contributed by atoms with van der Waals surface area (Å²) in [4.78, 5) is 0. The Kier molecular flexibility index (Phi) is 3.57. The van der Waals surface area contributed by atoms with Crippen molar-refractivity contribution in [1.82, 2.24) is 15.5 Å². The fourth-order valence-corrected chi connectivity index (χ4v) is 2.60. The van der Waals surface area contributed by atoms with Crippen LogP contribution in [0.15, 0.2) is 34.7 Å². The molecule has 112 valence electrons. The van der Waals surface area contributed by atoms with Crippen molar-refractivity contribution in [3.05, 3.63) is 47.7 Å². The predicted molar refractivity (Wildman–Crippen MR) is 82.2 cm³/mol. The minimum absolute atomic E-state index is 0.0238. The Morgan fingerprint density at radius 3 is 2.48 bits per heavy atom. The molecule has 1 aromatic carbocycles. The maximum absolute atomic E-state index is 5.92. The molecule has 1 aliphatic carbocycles. The number of hydrogen-bond donors (Lipinski definition) is 1. The molecule has 1 saturated carbocycles. The normalized spacial score (nSPS) is 16.9.